The molecule has 1 saturated heterocycles. The minimum absolute atomic E-state index is 0.124. The quantitative estimate of drug-likeness (QED) is 0.719. The third-order valence-electron chi connectivity index (χ3n) is 2.21. The predicted molar refractivity (Wildman–Crippen MR) is 49.9 cm³/mol. The number of carbonyl (C=O) groups is 1. The van der Waals surface area contributed by atoms with Gasteiger partial charge in [-0.3, -0.25) is 9.48 Å². The number of aromatic nitrogens is 2. The van der Waals surface area contributed by atoms with E-state index in [1.807, 2.05) is 0 Å². The number of ether oxygens (including phenoxy) is 1. The summed E-state index contributed by atoms with van der Waals surface area (Å²) >= 11 is 0. The Kier molecular flexibility index (Phi) is 2.49. The van der Waals surface area contributed by atoms with Gasteiger partial charge in [0.2, 0.25) is 0 Å². The molecule has 1 aromatic heterocycles. The Labute approximate surface area is 82.0 Å². The summed E-state index contributed by atoms with van der Waals surface area (Å²) in [7, 11) is 1.79. The van der Waals surface area contributed by atoms with Crippen LogP contribution in [-0.2, 0) is 11.8 Å². The zero-order chi connectivity index (χ0) is 9.97. The van der Waals surface area contributed by atoms with E-state index in [-0.39, 0.29) is 11.9 Å². The number of nitrogens with one attached hydrogen (secondary N) is 1. The third-order valence-corrected chi connectivity index (χ3v) is 2.21. The fourth-order valence-electron chi connectivity index (χ4n) is 1.44. The van der Waals surface area contributed by atoms with Crippen LogP contribution in [0, 0.1) is 0 Å². The van der Waals surface area contributed by atoms with Gasteiger partial charge in [0.25, 0.3) is 5.91 Å². The topological polar surface area (TPSA) is 56.2 Å². The van der Waals surface area contributed by atoms with Crippen molar-refractivity contribution in [3.63, 3.8) is 0 Å². The highest BCUT2D eigenvalue weighted by molar-refractivity contribution is 5.92. The lowest BCUT2D eigenvalue weighted by Crippen LogP contribution is -2.35. The van der Waals surface area contributed by atoms with Gasteiger partial charge in [-0.2, -0.15) is 5.10 Å². The van der Waals surface area contributed by atoms with Gasteiger partial charge in [-0.05, 0) is 12.5 Å². The lowest BCUT2D eigenvalue weighted by Gasteiger charge is -2.08. The molecule has 0 aromatic carbocycles. The third kappa shape index (κ3) is 1.93. The lowest BCUT2D eigenvalue weighted by atomic mass is 10.2. The van der Waals surface area contributed by atoms with Crippen LogP contribution >= 0.6 is 0 Å². The summed E-state index contributed by atoms with van der Waals surface area (Å²) in [6.07, 6.45) is 2.64. The van der Waals surface area contributed by atoms with Crippen molar-refractivity contribution in [2.75, 3.05) is 13.2 Å². The SMILES string of the molecule is Cn1ccc(C(=O)N[C@H]2CCOC2)n1. The van der Waals surface area contributed by atoms with E-state index in [1.165, 1.54) is 0 Å². The summed E-state index contributed by atoms with van der Waals surface area (Å²) in [6.45, 7) is 1.34. The molecule has 0 spiro atoms. The molecule has 0 bridgehead atoms. The molecule has 2 heterocycles. The van der Waals surface area contributed by atoms with Crippen LogP contribution in [0.3, 0.4) is 0 Å². The van der Waals surface area contributed by atoms with Crippen molar-refractivity contribution in [1.29, 1.82) is 0 Å². The van der Waals surface area contributed by atoms with Gasteiger partial charge in [-0.1, -0.05) is 0 Å². The van der Waals surface area contributed by atoms with Gasteiger partial charge in [0.1, 0.15) is 5.69 Å². The second-order valence-corrected chi connectivity index (χ2v) is 3.41. The molecule has 0 aliphatic carbocycles. The smallest absolute Gasteiger partial charge is 0.272 e. The Morgan fingerprint density at radius 3 is 3.21 bits per heavy atom. The molecule has 1 aliphatic rings. The Bertz CT molecular complexity index is 329. The first-order valence-electron chi connectivity index (χ1n) is 4.64. The highest BCUT2D eigenvalue weighted by atomic mass is 16.5. The minimum Gasteiger partial charge on any atom is -0.379 e. The van der Waals surface area contributed by atoms with Crippen LogP contribution in [0.5, 0.6) is 0 Å². The zero-order valence-electron chi connectivity index (χ0n) is 8.06. The van der Waals surface area contributed by atoms with E-state index in [0.717, 1.165) is 13.0 Å². The Balaban J connectivity index is 1.95. The van der Waals surface area contributed by atoms with E-state index >= 15 is 0 Å². The summed E-state index contributed by atoms with van der Waals surface area (Å²) in [6, 6.07) is 1.84. The van der Waals surface area contributed by atoms with Crippen LogP contribution in [-0.4, -0.2) is 34.9 Å². The van der Waals surface area contributed by atoms with Crippen LogP contribution in [0.15, 0.2) is 12.3 Å². The monoisotopic (exact) mass is 195 g/mol. The van der Waals surface area contributed by atoms with Gasteiger partial charge in [0.05, 0.1) is 12.6 Å². The Morgan fingerprint density at radius 1 is 1.79 bits per heavy atom. The second-order valence-electron chi connectivity index (χ2n) is 3.41. The molecule has 1 N–H and O–H groups in total. The van der Waals surface area contributed by atoms with E-state index in [9.17, 15) is 4.79 Å². The van der Waals surface area contributed by atoms with Crippen LogP contribution in [0.1, 0.15) is 16.9 Å². The Hall–Kier alpha value is -1.36. The molecular weight excluding hydrogens is 182 g/mol. The van der Waals surface area contributed by atoms with E-state index in [1.54, 1.807) is 24.0 Å². The average Bonchev–Trinajstić information content (AvgIpc) is 2.75. The molecule has 1 fully saturated rings. The fraction of sp³-hybridized carbons (Fsp3) is 0.556. The number of aryl methyl sites for hydroxylation is 1. The maximum Gasteiger partial charge on any atom is 0.272 e. The van der Waals surface area contributed by atoms with Gasteiger partial charge in [0, 0.05) is 19.9 Å². The highest BCUT2D eigenvalue weighted by Crippen LogP contribution is 2.04. The molecule has 2 rings (SSSR count). The molecular formula is C9H13N3O2. The van der Waals surface area contributed by atoms with Crippen molar-refractivity contribution in [3.8, 4) is 0 Å². The van der Waals surface area contributed by atoms with Crippen LogP contribution in [0.2, 0.25) is 0 Å². The molecule has 1 aliphatic heterocycles. The number of carbonyl (C=O) groups excluding carboxylic acids is 1. The standard InChI is InChI=1S/C9H13N3O2/c1-12-4-2-8(11-12)9(13)10-7-3-5-14-6-7/h2,4,7H,3,5-6H2,1H3,(H,10,13)/t7-/m0/s1. The first-order valence-corrected chi connectivity index (χ1v) is 4.64. The van der Waals surface area contributed by atoms with E-state index < -0.39 is 0 Å². The summed E-state index contributed by atoms with van der Waals surface area (Å²) in [4.78, 5) is 11.6. The maximum atomic E-state index is 11.6. The minimum atomic E-state index is -0.124. The summed E-state index contributed by atoms with van der Waals surface area (Å²) in [5, 5.41) is 6.89. The van der Waals surface area contributed by atoms with Crippen LogP contribution in [0.25, 0.3) is 0 Å². The molecule has 0 radical (unpaired) electrons. The van der Waals surface area contributed by atoms with Crippen molar-refractivity contribution >= 4 is 5.91 Å². The maximum absolute atomic E-state index is 11.6. The number of hydrogen-bond acceptors (Lipinski definition) is 3. The van der Waals surface area contributed by atoms with Gasteiger partial charge in [0.15, 0.2) is 0 Å². The van der Waals surface area contributed by atoms with Crippen molar-refractivity contribution in [1.82, 2.24) is 15.1 Å². The zero-order valence-corrected chi connectivity index (χ0v) is 8.06. The van der Waals surface area contributed by atoms with Crippen LogP contribution < -0.4 is 5.32 Å². The molecule has 76 valence electrons. The molecule has 5 nitrogen and oxygen atoms in total. The summed E-state index contributed by atoms with van der Waals surface area (Å²) in [5.74, 6) is -0.124. The normalized spacial score (nSPS) is 21.1. The van der Waals surface area contributed by atoms with Gasteiger partial charge >= 0.3 is 0 Å². The average molecular weight is 195 g/mol. The second kappa shape index (κ2) is 3.79. The van der Waals surface area contributed by atoms with E-state index in [4.69, 9.17) is 4.74 Å². The Morgan fingerprint density at radius 2 is 2.64 bits per heavy atom. The summed E-state index contributed by atoms with van der Waals surface area (Å²) in [5.41, 5.74) is 0.458. The molecule has 14 heavy (non-hydrogen) atoms. The number of amides is 1. The molecule has 1 amide bonds. The van der Waals surface area contributed by atoms with Crippen molar-refractivity contribution in [2.24, 2.45) is 7.05 Å². The number of nitrogens with zero attached hydrogens (tertiary/aromatic N) is 2. The predicted octanol–water partition coefficient (Wildman–Crippen LogP) is -0.0612. The largest absolute Gasteiger partial charge is 0.379 e. The van der Waals surface area contributed by atoms with E-state index in [0.29, 0.717) is 12.3 Å². The molecule has 0 unspecified atom stereocenters. The number of hydrogen-bond donors (Lipinski definition) is 1. The highest BCUT2D eigenvalue weighted by Gasteiger charge is 2.19. The van der Waals surface area contributed by atoms with Crippen molar-refractivity contribution in [2.45, 2.75) is 12.5 Å². The van der Waals surface area contributed by atoms with E-state index in [2.05, 4.69) is 10.4 Å². The van der Waals surface area contributed by atoms with Gasteiger partial charge in [-0.25, -0.2) is 0 Å². The molecule has 1 aromatic rings. The first kappa shape index (κ1) is 9.21. The lowest BCUT2D eigenvalue weighted by molar-refractivity contribution is 0.0924. The molecule has 5 heteroatoms. The number of rotatable bonds is 2. The van der Waals surface area contributed by atoms with Crippen molar-refractivity contribution in [3.05, 3.63) is 18.0 Å². The fourth-order valence-corrected chi connectivity index (χ4v) is 1.44. The van der Waals surface area contributed by atoms with Crippen LogP contribution in [0.4, 0.5) is 0 Å². The molecule has 0 saturated carbocycles. The van der Waals surface area contributed by atoms with Gasteiger partial charge < -0.3 is 10.1 Å². The van der Waals surface area contributed by atoms with Gasteiger partial charge in [-0.15, -0.1) is 0 Å². The summed E-state index contributed by atoms with van der Waals surface area (Å²) < 4.78 is 6.77. The van der Waals surface area contributed by atoms with Crippen molar-refractivity contribution < 1.29 is 9.53 Å². The molecule has 1 atom stereocenters. The first-order chi connectivity index (χ1) is 6.75.